The van der Waals surface area contributed by atoms with E-state index in [9.17, 15) is 0 Å². The maximum absolute atomic E-state index is 6.00. The first-order chi connectivity index (χ1) is 9.10. The number of benzene rings is 2. The summed E-state index contributed by atoms with van der Waals surface area (Å²) in [5, 5.41) is 4.12. The highest BCUT2D eigenvalue weighted by molar-refractivity contribution is 9.10. The maximum atomic E-state index is 6.00. The van der Waals surface area contributed by atoms with Crippen molar-refractivity contribution in [1.82, 2.24) is 0 Å². The minimum absolute atomic E-state index is 0.715. The van der Waals surface area contributed by atoms with Gasteiger partial charge < -0.3 is 10.1 Å². The number of rotatable bonds is 4. The summed E-state index contributed by atoms with van der Waals surface area (Å²) in [5.41, 5.74) is 3.30. The van der Waals surface area contributed by atoms with Gasteiger partial charge >= 0.3 is 0 Å². The van der Waals surface area contributed by atoms with E-state index < -0.39 is 0 Å². The van der Waals surface area contributed by atoms with Gasteiger partial charge in [-0.15, -0.1) is 0 Å². The average molecular weight is 341 g/mol. The van der Waals surface area contributed by atoms with Gasteiger partial charge in [-0.1, -0.05) is 27.5 Å². The standard InChI is InChI=1S/C15H15BrClNO/c1-10-7-13(4-6-15(10)19-2)18-9-11-8-12(17)3-5-14(11)16/h3-8,18H,9H2,1-2H3. The Hall–Kier alpha value is -1.19. The van der Waals surface area contributed by atoms with Crippen LogP contribution in [0.1, 0.15) is 11.1 Å². The monoisotopic (exact) mass is 339 g/mol. The molecule has 0 atom stereocenters. The third-order valence-corrected chi connectivity index (χ3v) is 3.89. The molecule has 0 unspecified atom stereocenters. The fourth-order valence-corrected chi connectivity index (χ4v) is 2.45. The molecule has 0 saturated heterocycles. The summed E-state index contributed by atoms with van der Waals surface area (Å²) in [4.78, 5) is 0. The van der Waals surface area contributed by atoms with Gasteiger partial charge in [0.05, 0.1) is 7.11 Å². The molecule has 0 amide bonds. The van der Waals surface area contributed by atoms with E-state index in [4.69, 9.17) is 16.3 Å². The number of methoxy groups -OCH3 is 1. The topological polar surface area (TPSA) is 21.3 Å². The highest BCUT2D eigenvalue weighted by Crippen LogP contribution is 2.24. The summed E-state index contributed by atoms with van der Waals surface area (Å²) in [6, 6.07) is 11.8. The van der Waals surface area contributed by atoms with E-state index in [1.165, 1.54) is 0 Å². The lowest BCUT2D eigenvalue weighted by Gasteiger charge is -2.11. The molecule has 0 bridgehead atoms. The van der Waals surface area contributed by atoms with Crippen molar-refractivity contribution in [2.75, 3.05) is 12.4 Å². The molecule has 0 heterocycles. The van der Waals surface area contributed by atoms with E-state index in [0.29, 0.717) is 6.54 Å². The molecule has 2 rings (SSSR count). The highest BCUT2D eigenvalue weighted by atomic mass is 79.9. The first kappa shape index (κ1) is 14.2. The van der Waals surface area contributed by atoms with Crippen molar-refractivity contribution in [3.8, 4) is 5.75 Å². The lowest BCUT2D eigenvalue weighted by molar-refractivity contribution is 0.412. The van der Waals surface area contributed by atoms with Gasteiger partial charge in [-0.3, -0.25) is 0 Å². The Bertz CT molecular complexity index is 586. The Morgan fingerprint density at radius 3 is 2.68 bits per heavy atom. The van der Waals surface area contributed by atoms with Gasteiger partial charge in [-0.25, -0.2) is 0 Å². The summed E-state index contributed by atoms with van der Waals surface area (Å²) >= 11 is 9.52. The van der Waals surface area contributed by atoms with E-state index in [2.05, 4.69) is 27.3 Å². The zero-order valence-corrected chi connectivity index (χ0v) is 13.2. The normalized spacial score (nSPS) is 10.3. The third kappa shape index (κ3) is 3.64. The van der Waals surface area contributed by atoms with E-state index in [1.807, 2.05) is 37.3 Å². The molecule has 100 valence electrons. The van der Waals surface area contributed by atoms with Crippen molar-refractivity contribution < 1.29 is 4.74 Å². The van der Waals surface area contributed by atoms with Crippen molar-refractivity contribution in [3.63, 3.8) is 0 Å². The predicted molar refractivity (Wildman–Crippen MR) is 84.2 cm³/mol. The number of anilines is 1. The summed E-state index contributed by atoms with van der Waals surface area (Å²) in [5.74, 6) is 0.898. The van der Waals surface area contributed by atoms with Crippen LogP contribution >= 0.6 is 27.5 Å². The minimum atomic E-state index is 0.715. The predicted octanol–water partition coefficient (Wildman–Crippen LogP) is 5.03. The van der Waals surface area contributed by atoms with Gasteiger partial charge in [0, 0.05) is 21.7 Å². The number of halogens is 2. The van der Waals surface area contributed by atoms with Gasteiger partial charge in [-0.2, -0.15) is 0 Å². The molecular formula is C15H15BrClNO. The van der Waals surface area contributed by atoms with Crippen LogP contribution in [-0.2, 0) is 6.54 Å². The third-order valence-electron chi connectivity index (χ3n) is 2.89. The number of nitrogens with one attached hydrogen (secondary N) is 1. The van der Waals surface area contributed by atoms with Crippen LogP contribution in [0, 0.1) is 6.92 Å². The molecule has 2 aromatic carbocycles. The van der Waals surface area contributed by atoms with Crippen LogP contribution in [0.4, 0.5) is 5.69 Å². The molecule has 2 nitrogen and oxygen atoms in total. The summed E-state index contributed by atoms with van der Waals surface area (Å²) in [6.07, 6.45) is 0. The quantitative estimate of drug-likeness (QED) is 0.842. The number of hydrogen-bond acceptors (Lipinski definition) is 2. The van der Waals surface area contributed by atoms with Crippen LogP contribution in [0.5, 0.6) is 5.75 Å². The van der Waals surface area contributed by atoms with Gasteiger partial charge in [0.25, 0.3) is 0 Å². The van der Waals surface area contributed by atoms with Crippen LogP contribution in [0.2, 0.25) is 5.02 Å². The molecule has 19 heavy (non-hydrogen) atoms. The first-order valence-corrected chi connectivity index (χ1v) is 7.09. The van der Waals surface area contributed by atoms with Crippen molar-refractivity contribution in [2.24, 2.45) is 0 Å². The summed E-state index contributed by atoms with van der Waals surface area (Å²) in [6.45, 7) is 2.74. The second kappa shape index (κ2) is 6.31. The summed E-state index contributed by atoms with van der Waals surface area (Å²) in [7, 11) is 1.68. The van der Waals surface area contributed by atoms with E-state index >= 15 is 0 Å². The molecule has 1 N–H and O–H groups in total. The average Bonchev–Trinajstić information content (AvgIpc) is 2.40. The number of aryl methyl sites for hydroxylation is 1. The van der Waals surface area contributed by atoms with Crippen LogP contribution in [0.3, 0.4) is 0 Å². The van der Waals surface area contributed by atoms with E-state index in [0.717, 1.165) is 32.1 Å². The van der Waals surface area contributed by atoms with Gasteiger partial charge in [-0.05, 0) is 54.4 Å². The molecule has 0 radical (unpaired) electrons. The Morgan fingerprint density at radius 2 is 2.00 bits per heavy atom. The Morgan fingerprint density at radius 1 is 1.21 bits per heavy atom. The molecule has 0 fully saturated rings. The Balaban J connectivity index is 2.10. The van der Waals surface area contributed by atoms with Gasteiger partial charge in [0.1, 0.15) is 5.75 Å². The van der Waals surface area contributed by atoms with Gasteiger partial charge in [0.2, 0.25) is 0 Å². The molecule has 2 aromatic rings. The maximum Gasteiger partial charge on any atom is 0.121 e. The highest BCUT2D eigenvalue weighted by Gasteiger charge is 2.03. The van der Waals surface area contributed by atoms with E-state index in [1.54, 1.807) is 7.11 Å². The first-order valence-electron chi connectivity index (χ1n) is 5.92. The van der Waals surface area contributed by atoms with Crippen LogP contribution < -0.4 is 10.1 Å². The molecule has 0 saturated carbocycles. The van der Waals surface area contributed by atoms with E-state index in [-0.39, 0.29) is 0 Å². The minimum Gasteiger partial charge on any atom is -0.496 e. The molecule has 4 heteroatoms. The van der Waals surface area contributed by atoms with Crippen LogP contribution in [0.15, 0.2) is 40.9 Å². The number of hydrogen-bond donors (Lipinski definition) is 1. The fourth-order valence-electron chi connectivity index (χ4n) is 1.86. The lowest BCUT2D eigenvalue weighted by atomic mass is 10.2. The van der Waals surface area contributed by atoms with Gasteiger partial charge in [0.15, 0.2) is 0 Å². The summed E-state index contributed by atoms with van der Waals surface area (Å²) < 4.78 is 6.30. The molecule has 0 spiro atoms. The smallest absolute Gasteiger partial charge is 0.121 e. The van der Waals surface area contributed by atoms with Crippen LogP contribution in [0.25, 0.3) is 0 Å². The Labute approximate surface area is 126 Å². The van der Waals surface area contributed by atoms with Crippen LogP contribution in [-0.4, -0.2) is 7.11 Å². The molecule has 0 aliphatic carbocycles. The molecule has 0 aliphatic heterocycles. The SMILES string of the molecule is COc1ccc(NCc2cc(Cl)ccc2Br)cc1C. The Kier molecular flexibility index (Phi) is 4.72. The lowest BCUT2D eigenvalue weighted by Crippen LogP contribution is -2.01. The second-order valence-electron chi connectivity index (χ2n) is 4.27. The second-order valence-corrected chi connectivity index (χ2v) is 5.56. The fraction of sp³-hybridized carbons (Fsp3) is 0.200. The molecular weight excluding hydrogens is 326 g/mol. The number of ether oxygens (including phenoxy) is 1. The largest absolute Gasteiger partial charge is 0.496 e. The van der Waals surface area contributed by atoms with Crippen molar-refractivity contribution >= 4 is 33.2 Å². The van der Waals surface area contributed by atoms with Crippen molar-refractivity contribution in [1.29, 1.82) is 0 Å². The van der Waals surface area contributed by atoms with Crippen molar-refractivity contribution in [3.05, 3.63) is 57.0 Å². The molecule has 0 aliphatic rings. The molecule has 0 aromatic heterocycles. The zero-order chi connectivity index (χ0) is 13.8. The zero-order valence-electron chi connectivity index (χ0n) is 10.8. The van der Waals surface area contributed by atoms with Crippen molar-refractivity contribution in [2.45, 2.75) is 13.5 Å².